The molecule has 0 aliphatic heterocycles. The predicted molar refractivity (Wildman–Crippen MR) is 539 cm³/mol. The number of benzene rings is 18. The van der Waals surface area contributed by atoms with E-state index in [-0.39, 0.29) is 0 Å². The van der Waals surface area contributed by atoms with Crippen LogP contribution in [-0.2, 0) is 0 Å². The number of hydrogen-bond acceptors (Lipinski definition) is 12. The van der Waals surface area contributed by atoms with E-state index in [4.69, 9.17) is 43.2 Å². The van der Waals surface area contributed by atoms with E-state index in [0.717, 1.165) is 182 Å². The molecule has 15 heteroatoms. The number of aromatic nitrogens is 9. The van der Waals surface area contributed by atoms with Crippen molar-refractivity contribution in [2.75, 3.05) is 0 Å². The van der Waals surface area contributed by atoms with Gasteiger partial charge < -0.3 is 13.3 Å². The maximum atomic E-state index is 6.50. The summed E-state index contributed by atoms with van der Waals surface area (Å²) >= 11 is 5.58. The molecule has 0 aliphatic carbocycles. The van der Waals surface area contributed by atoms with Gasteiger partial charge in [-0.25, -0.2) is 29.9 Å². The maximum absolute atomic E-state index is 6.50. The smallest absolute Gasteiger partial charge is 0.165 e. The lowest BCUT2D eigenvalue weighted by Gasteiger charge is -2.06. The summed E-state index contributed by atoms with van der Waals surface area (Å²) in [7, 11) is 0. The molecule has 33 aromatic rings. The fraction of sp³-hybridized carbons (Fsp3) is 0. The third-order valence-electron chi connectivity index (χ3n) is 27.3. The van der Waals surface area contributed by atoms with Crippen molar-refractivity contribution in [1.29, 1.82) is 0 Å². The van der Waals surface area contributed by atoms with Gasteiger partial charge in [0.15, 0.2) is 16.9 Å². The Morgan fingerprint density at radius 3 is 0.969 bits per heavy atom. The molecule has 0 saturated carbocycles. The van der Waals surface area contributed by atoms with Crippen LogP contribution in [0.25, 0.3) is 308 Å². The first-order valence-corrected chi connectivity index (χ1v) is 45.7. The highest BCUT2D eigenvalue weighted by molar-refractivity contribution is 7.27. The minimum absolute atomic E-state index is 0.877. The van der Waals surface area contributed by atoms with E-state index < -0.39 is 0 Å². The van der Waals surface area contributed by atoms with Gasteiger partial charge in [0.2, 0.25) is 0 Å². The minimum Gasteiger partial charge on any atom is -0.456 e. The molecule has 594 valence electrons. The Morgan fingerprint density at radius 2 is 0.512 bits per heavy atom. The van der Waals surface area contributed by atoms with Crippen molar-refractivity contribution < 1.29 is 13.3 Å². The Bertz CT molecular complexity index is 10800. The molecule has 0 unspecified atom stereocenters. The van der Waals surface area contributed by atoms with E-state index in [0.29, 0.717) is 0 Å². The van der Waals surface area contributed by atoms with E-state index in [9.17, 15) is 0 Å². The molecule has 0 bridgehead atoms. The average molecular weight is 1700 g/mol. The highest BCUT2D eigenvalue weighted by Crippen LogP contribution is 2.53. The van der Waals surface area contributed by atoms with Gasteiger partial charge in [0.05, 0.1) is 66.2 Å². The molecule has 15 aromatic heterocycles. The third kappa shape index (κ3) is 9.37. The van der Waals surface area contributed by atoms with Crippen LogP contribution in [0.15, 0.2) is 359 Å². The lowest BCUT2D eigenvalue weighted by molar-refractivity contribution is 0.669. The summed E-state index contributed by atoms with van der Waals surface area (Å²) in [5.74, 6) is 0. The minimum atomic E-state index is 0.877. The van der Waals surface area contributed by atoms with Gasteiger partial charge in [-0.2, -0.15) is 0 Å². The Labute approximate surface area is 738 Å². The molecular weight excluding hydrogens is 1640 g/mol. The second-order valence-electron chi connectivity index (χ2n) is 34.1. The van der Waals surface area contributed by atoms with Crippen LogP contribution in [0.2, 0.25) is 0 Å². The van der Waals surface area contributed by atoms with Crippen molar-refractivity contribution in [1.82, 2.24) is 43.1 Å². The normalized spacial score (nSPS) is 12.7. The number of para-hydroxylation sites is 9. The van der Waals surface area contributed by atoms with Crippen LogP contribution in [0, 0.1) is 0 Å². The van der Waals surface area contributed by atoms with Crippen LogP contribution in [-0.4, -0.2) is 43.1 Å². The van der Waals surface area contributed by atoms with E-state index >= 15 is 0 Å². The fourth-order valence-corrected chi connectivity index (χ4v) is 25.2. The van der Waals surface area contributed by atoms with Gasteiger partial charge >= 0.3 is 0 Å². The van der Waals surface area contributed by atoms with Crippen LogP contribution < -0.4 is 0 Å². The van der Waals surface area contributed by atoms with Crippen molar-refractivity contribution in [3.63, 3.8) is 0 Å². The lowest BCUT2D eigenvalue weighted by Crippen LogP contribution is -1.89. The van der Waals surface area contributed by atoms with Crippen molar-refractivity contribution in [3.8, 4) is 33.4 Å². The Kier molecular flexibility index (Phi) is 13.4. The summed E-state index contributed by atoms with van der Waals surface area (Å²) in [5, 5.41) is 25.1. The first-order valence-electron chi connectivity index (χ1n) is 43.3. The molecule has 0 atom stereocenters. The summed E-state index contributed by atoms with van der Waals surface area (Å²) in [6.45, 7) is 0. The van der Waals surface area contributed by atoms with Gasteiger partial charge in [0, 0.05) is 141 Å². The molecule has 0 spiro atoms. The Balaban J connectivity index is 0.0000000919. The van der Waals surface area contributed by atoms with Crippen molar-refractivity contribution in [2.45, 2.75) is 0 Å². The summed E-state index contributed by atoms with van der Waals surface area (Å²) < 4.78 is 34.3. The molecule has 129 heavy (non-hydrogen) atoms. The zero-order valence-electron chi connectivity index (χ0n) is 67.9. The standard InChI is InChI=1S/3C38H19N3OS/c1-5-14-30-24(9-1)33-31(42-30)19-26-35-38(40-28-13-4-3-12-27(28)39-35)41-29-17-16-20(18-25(29)34(33)36(26)41)21-10-7-11-23-22-8-2-6-15-32(22)43-37(21)23;1-5-11-30-24(8-1)34-31(42-30)19-26-36-38(40-28-10-4-3-9-27(28)39-36)41-29-16-14-20(17-25(29)35(34)37(26)41)21-13-15-23-22-7-2-6-12-32(22)43-33(23)18-21;1-5-11-30-23(8-1)34-31(42-30)19-26-36-38(40-28-10-4-3-9-27(28)39-36)41-29-15-13-20(18-25(29)35(34)37(26)41)21-14-16-33-24(17-21)22-7-2-6-12-32(22)43-33/h3*1-19H. The largest absolute Gasteiger partial charge is 0.456 e. The van der Waals surface area contributed by atoms with Gasteiger partial charge in [-0.15, -0.1) is 34.0 Å². The van der Waals surface area contributed by atoms with Crippen LogP contribution in [0.4, 0.5) is 0 Å². The first-order chi connectivity index (χ1) is 63.9. The quantitative estimate of drug-likeness (QED) is 0.170. The Hall–Kier alpha value is -16.6. The SMILES string of the molecule is c1ccc2nc3c(nc2c1)c1cc2oc4ccccc4c2c2c4cc(-c5ccc6c(c5)sc5ccccc56)ccc4n3c12.c1ccc2nc3c(nc2c1)c1cc2oc4ccccc4c2c2c4cc(-c5ccc6sc7ccccc7c6c5)ccc4n3c12.c1ccc2nc3c(nc2c1)c1cc2oc4ccccc4c2c2c4cc(-c5cccc6c5sc5ccccc56)ccc4n3c12. The summed E-state index contributed by atoms with van der Waals surface area (Å²) in [6, 6.07) is 123. The van der Waals surface area contributed by atoms with E-state index in [1.165, 1.54) is 126 Å². The molecule has 0 amide bonds. The van der Waals surface area contributed by atoms with Crippen LogP contribution in [0.5, 0.6) is 0 Å². The highest BCUT2D eigenvalue weighted by Gasteiger charge is 2.31. The topological polar surface area (TPSA) is 130 Å². The van der Waals surface area contributed by atoms with E-state index in [2.05, 4.69) is 268 Å². The molecular formula is C114H57N9O3S3. The average Bonchev–Trinajstić information content (AvgIpc) is 1.53. The first kappa shape index (κ1) is 68.8. The van der Waals surface area contributed by atoms with E-state index in [1.54, 1.807) is 0 Å². The number of fused-ring (bicyclic) bond motifs is 42. The Morgan fingerprint density at radius 1 is 0.194 bits per heavy atom. The third-order valence-corrected chi connectivity index (χ3v) is 30.8. The van der Waals surface area contributed by atoms with Crippen molar-refractivity contribution in [2.24, 2.45) is 0 Å². The van der Waals surface area contributed by atoms with E-state index in [1.807, 2.05) is 125 Å². The summed E-state index contributed by atoms with van der Waals surface area (Å²) in [6.07, 6.45) is 0. The van der Waals surface area contributed by atoms with Gasteiger partial charge in [-0.3, -0.25) is 13.2 Å². The second-order valence-corrected chi connectivity index (χ2v) is 37.3. The molecule has 18 aromatic carbocycles. The number of hydrogen-bond donors (Lipinski definition) is 0. The van der Waals surface area contributed by atoms with Crippen molar-refractivity contribution >= 4 is 309 Å². The monoisotopic (exact) mass is 1700 g/mol. The van der Waals surface area contributed by atoms with Gasteiger partial charge in [-0.05, 0) is 179 Å². The molecule has 12 nitrogen and oxygen atoms in total. The van der Waals surface area contributed by atoms with Crippen LogP contribution >= 0.6 is 34.0 Å². The van der Waals surface area contributed by atoms with Gasteiger partial charge in [0.1, 0.15) is 50.0 Å². The molecule has 15 heterocycles. The summed E-state index contributed by atoms with van der Waals surface area (Å²) in [5.41, 5.74) is 30.2. The van der Waals surface area contributed by atoms with Gasteiger partial charge in [0.25, 0.3) is 0 Å². The fourth-order valence-electron chi connectivity index (χ4n) is 21.8. The number of rotatable bonds is 3. The molecule has 0 saturated heterocycles. The molecule has 0 radical (unpaired) electrons. The van der Waals surface area contributed by atoms with Crippen molar-refractivity contribution in [3.05, 3.63) is 346 Å². The maximum Gasteiger partial charge on any atom is 0.165 e. The summed E-state index contributed by atoms with van der Waals surface area (Å²) in [4.78, 5) is 30.9. The number of nitrogens with zero attached hydrogens (tertiary/aromatic N) is 9. The zero-order chi connectivity index (χ0) is 83.4. The second kappa shape index (κ2) is 25.2. The molecule has 0 fully saturated rings. The molecule has 0 aliphatic rings. The predicted octanol–water partition coefficient (Wildman–Crippen LogP) is 32.1. The molecule has 33 rings (SSSR count). The highest BCUT2D eigenvalue weighted by atomic mass is 32.1. The van der Waals surface area contributed by atoms with Crippen LogP contribution in [0.3, 0.4) is 0 Å². The molecule has 0 N–H and O–H groups in total. The lowest BCUT2D eigenvalue weighted by atomic mass is 9.98. The number of thiophene rings is 3. The number of furan rings is 3. The van der Waals surface area contributed by atoms with Crippen LogP contribution in [0.1, 0.15) is 0 Å². The zero-order valence-corrected chi connectivity index (χ0v) is 70.3. The van der Waals surface area contributed by atoms with Gasteiger partial charge in [-0.1, -0.05) is 200 Å².